The molecule has 1 saturated carbocycles. The van der Waals surface area contributed by atoms with Gasteiger partial charge in [-0.05, 0) is 36.6 Å². The highest BCUT2D eigenvalue weighted by Gasteiger charge is 2.46. The molecule has 4 rings (SSSR count). The molecule has 2 heterocycles. The number of rotatable bonds is 2. The lowest BCUT2D eigenvalue weighted by Gasteiger charge is -2.24. The van der Waals surface area contributed by atoms with E-state index in [9.17, 15) is 9.59 Å². The van der Waals surface area contributed by atoms with Crippen molar-refractivity contribution in [3.63, 3.8) is 0 Å². The number of aromatic nitrogens is 1. The third kappa shape index (κ3) is 2.19. The number of benzene rings is 1. The van der Waals surface area contributed by atoms with Gasteiger partial charge in [-0.2, -0.15) is 0 Å². The molecule has 5 heteroatoms. The van der Waals surface area contributed by atoms with Crippen LogP contribution in [0.1, 0.15) is 52.1 Å². The van der Waals surface area contributed by atoms with Gasteiger partial charge in [-0.25, -0.2) is 9.78 Å². The molecule has 2 aromatic rings. The van der Waals surface area contributed by atoms with Crippen LogP contribution in [-0.2, 0) is 5.41 Å². The highest BCUT2D eigenvalue weighted by atomic mass is 16.4. The monoisotopic (exact) mass is 322 g/mol. The molecular weight excluding hydrogens is 304 g/mol. The standard InChI is InChI=1S/C19H18N2O3/c22-17(13-7-10-20-15(11-13)18(23)24)21-12-19(8-3-4-9-19)14-5-1-2-6-16(14)21/h1-2,5-7,10-11H,3-4,8-9,12H2,(H,23,24). The number of hydrogen-bond acceptors (Lipinski definition) is 3. The van der Waals surface area contributed by atoms with E-state index >= 15 is 0 Å². The van der Waals surface area contributed by atoms with Gasteiger partial charge in [-0.1, -0.05) is 31.0 Å². The summed E-state index contributed by atoms with van der Waals surface area (Å²) in [6.07, 6.45) is 5.96. The van der Waals surface area contributed by atoms with Crippen molar-refractivity contribution in [2.24, 2.45) is 0 Å². The summed E-state index contributed by atoms with van der Waals surface area (Å²) >= 11 is 0. The van der Waals surface area contributed by atoms with Crippen molar-refractivity contribution < 1.29 is 14.7 Å². The van der Waals surface area contributed by atoms with Crippen LogP contribution in [0.3, 0.4) is 0 Å². The number of carboxylic acids is 1. The zero-order valence-electron chi connectivity index (χ0n) is 13.2. The van der Waals surface area contributed by atoms with Crippen molar-refractivity contribution in [1.82, 2.24) is 4.98 Å². The highest BCUT2D eigenvalue weighted by Crippen LogP contribution is 2.50. The second kappa shape index (κ2) is 5.44. The van der Waals surface area contributed by atoms with Gasteiger partial charge in [0.05, 0.1) is 0 Å². The zero-order valence-corrected chi connectivity index (χ0v) is 13.2. The first kappa shape index (κ1) is 14.9. The van der Waals surface area contributed by atoms with Gasteiger partial charge in [-0.15, -0.1) is 0 Å². The lowest BCUT2D eigenvalue weighted by molar-refractivity contribution is 0.0690. The number of amides is 1. The van der Waals surface area contributed by atoms with E-state index in [1.165, 1.54) is 30.7 Å². The van der Waals surface area contributed by atoms with E-state index in [0.717, 1.165) is 18.5 Å². The number of fused-ring (bicyclic) bond motifs is 2. The van der Waals surface area contributed by atoms with Crippen LogP contribution in [0.4, 0.5) is 5.69 Å². The molecule has 1 fully saturated rings. The fourth-order valence-electron chi connectivity index (χ4n) is 4.13. The molecule has 5 nitrogen and oxygen atoms in total. The molecule has 1 aromatic carbocycles. The first-order valence-electron chi connectivity index (χ1n) is 8.21. The van der Waals surface area contributed by atoms with E-state index in [1.807, 2.05) is 23.1 Å². The van der Waals surface area contributed by atoms with Crippen molar-refractivity contribution in [2.45, 2.75) is 31.1 Å². The summed E-state index contributed by atoms with van der Waals surface area (Å²) in [6.45, 7) is 0.676. The molecule has 0 bridgehead atoms. The van der Waals surface area contributed by atoms with Crippen molar-refractivity contribution in [2.75, 3.05) is 11.4 Å². The predicted octanol–water partition coefficient (Wildman–Crippen LogP) is 3.25. The summed E-state index contributed by atoms with van der Waals surface area (Å²) in [5, 5.41) is 9.09. The summed E-state index contributed by atoms with van der Waals surface area (Å²) in [5.74, 6) is -1.28. The SMILES string of the molecule is O=C(O)c1cc(C(=O)N2CC3(CCCC3)c3ccccc32)ccn1. The third-order valence-corrected chi connectivity index (χ3v) is 5.26. The number of carbonyl (C=O) groups is 2. The molecule has 1 aliphatic carbocycles. The number of hydrogen-bond donors (Lipinski definition) is 1. The summed E-state index contributed by atoms with van der Waals surface area (Å²) in [4.78, 5) is 29.7. The van der Waals surface area contributed by atoms with Gasteiger partial charge in [0.15, 0.2) is 0 Å². The van der Waals surface area contributed by atoms with Gasteiger partial charge < -0.3 is 10.0 Å². The first-order valence-corrected chi connectivity index (χ1v) is 8.21. The number of pyridine rings is 1. The Kier molecular flexibility index (Phi) is 3.37. The Morgan fingerprint density at radius 1 is 1.12 bits per heavy atom. The minimum atomic E-state index is -1.13. The highest BCUT2D eigenvalue weighted by molar-refractivity contribution is 6.08. The minimum absolute atomic E-state index is 0.0644. The van der Waals surface area contributed by atoms with E-state index in [0.29, 0.717) is 12.1 Å². The number of nitrogens with zero attached hydrogens (tertiary/aromatic N) is 2. The fraction of sp³-hybridized carbons (Fsp3) is 0.316. The lowest BCUT2D eigenvalue weighted by atomic mass is 9.81. The van der Waals surface area contributed by atoms with Crippen molar-refractivity contribution in [3.05, 3.63) is 59.4 Å². The van der Waals surface area contributed by atoms with Crippen molar-refractivity contribution in [1.29, 1.82) is 0 Å². The number of carbonyl (C=O) groups excluding carboxylic acids is 1. The van der Waals surface area contributed by atoms with Crippen LogP contribution in [0.2, 0.25) is 0 Å². The largest absolute Gasteiger partial charge is 0.477 e. The Hall–Kier alpha value is -2.69. The Labute approximate surface area is 139 Å². The van der Waals surface area contributed by atoms with E-state index in [4.69, 9.17) is 5.11 Å². The molecule has 2 aliphatic rings. The van der Waals surface area contributed by atoms with Gasteiger partial charge in [0.25, 0.3) is 5.91 Å². The Morgan fingerprint density at radius 3 is 2.62 bits per heavy atom. The fourth-order valence-corrected chi connectivity index (χ4v) is 4.13. The molecule has 1 aliphatic heterocycles. The average molecular weight is 322 g/mol. The predicted molar refractivity (Wildman–Crippen MR) is 89.5 cm³/mol. The molecule has 1 amide bonds. The second-order valence-corrected chi connectivity index (χ2v) is 6.63. The molecular formula is C19H18N2O3. The van der Waals surface area contributed by atoms with E-state index in [2.05, 4.69) is 11.1 Å². The first-order chi connectivity index (χ1) is 11.6. The number of anilines is 1. The van der Waals surface area contributed by atoms with E-state index in [1.54, 1.807) is 6.07 Å². The normalized spacial score (nSPS) is 17.9. The van der Waals surface area contributed by atoms with Crippen LogP contribution in [0.15, 0.2) is 42.6 Å². The summed E-state index contributed by atoms with van der Waals surface area (Å²) in [7, 11) is 0. The quantitative estimate of drug-likeness (QED) is 0.921. The number of para-hydroxylation sites is 1. The maximum Gasteiger partial charge on any atom is 0.354 e. The maximum absolute atomic E-state index is 13.0. The van der Waals surface area contributed by atoms with Crippen LogP contribution in [0, 0.1) is 0 Å². The topological polar surface area (TPSA) is 70.5 Å². The molecule has 1 spiro atoms. The molecule has 0 saturated heterocycles. The molecule has 24 heavy (non-hydrogen) atoms. The van der Waals surface area contributed by atoms with Crippen molar-refractivity contribution in [3.8, 4) is 0 Å². The molecule has 122 valence electrons. The van der Waals surface area contributed by atoms with Crippen LogP contribution in [-0.4, -0.2) is 28.5 Å². The Balaban J connectivity index is 1.73. The average Bonchev–Trinajstić information content (AvgIpc) is 3.21. The zero-order chi connectivity index (χ0) is 16.7. The Morgan fingerprint density at radius 2 is 1.88 bits per heavy atom. The number of aromatic carboxylic acids is 1. The van der Waals surface area contributed by atoms with Crippen LogP contribution in [0.5, 0.6) is 0 Å². The van der Waals surface area contributed by atoms with Gasteiger partial charge in [0.1, 0.15) is 5.69 Å². The molecule has 0 radical (unpaired) electrons. The van der Waals surface area contributed by atoms with E-state index < -0.39 is 5.97 Å². The molecule has 0 atom stereocenters. The smallest absolute Gasteiger partial charge is 0.354 e. The van der Waals surface area contributed by atoms with Gasteiger partial charge in [0, 0.05) is 29.4 Å². The van der Waals surface area contributed by atoms with Crippen LogP contribution in [0.25, 0.3) is 0 Å². The van der Waals surface area contributed by atoms with Gasteiger partial charge >= 0.3 is 5.97 Å². The molecule has 0 unspecified atom stereocenters. The minimum Gasteiger partial charge on any atom is -0.477 e. The Bertz CT molecular complexity index is 825. The lowest BCUT2D eigenvalue weighted by Crippen LogP contribution is -2.35. The summed E-state index contributed by atoms with van der Waals surface area (Å²) in [6, 6.07) is 11.0. The van der Waals surface area contributed by atoms with E-state index in [-0.39, 0.29) is 17.0 Å². The molecule has 1 N–H and O–H groups in total. The number of carboxylic acid groups (broad SMARTS) is 1. The van der Waals surface area contributed by atoms with Crippen molar-refractivity contribution >= 4 is 17.6 Å². The third-order valence-electron chi connectivity index (χ3n) is 5.26. The van der Waals surface area contributed by atoms with Crippen LogP contribution >= 0.6 is 0 Å². The van der Waals surface area contributed by atoms with Gasteiger partial charge in [0.2, 0.25) is 0 Å². The summed E-state index contributed by atoms with van der Waals surface area (Å²) in [5.41, 5.74) is 2.53. The maximum atomic E-state index is 13.0. The second-order valence-electron chi connectivity index (χ2n) is 6.63. The molecule has 1 aromatic heterocycles. The van der Waals surface area contributed by atoms with Gasteiger partial charge in [-0.3, -0.25) is 4.79 Å². The summed E-state index contributed by atoms with van der Waals surface area (Å²) < 4.78 is 0. The van der Waals surface area contributed by atoms with Crippen LogP contribution < -0.4 is 4.90 Å².